The van der Waals surface area contributed by atoms with Crippen molar-refractivity contribution >= 4 is 17.9 Å². The Labute approximate surface area is 359 Å². The maximum atomic E-state index is 12.7. The van der Waals surface area contributed by atoms with Gasteiger partial charge >= 0.3 is 17.9 Å². The molecule has 0 aromatic rings. The second-order valence-corrected chi connectivity index (χ2v) is 16.7. The first-order chi connectivity index (χ1) is 28.5. The molecule has 0 aliphatic carbocycles. The molecule has 0 aliphatic rings. The van der Waals surface area contributed by atoms with Crippen LogP contribution < -0.4 is 0 Å². The van der Waals surface area contributed by atoms with Gasteiger partial charge in [-0.2, -0.15) is 0 Å². The molecule has 0 saturated heterocycles. The molecule has 0 saturated carbocycles. The van der Waals surface area contributed by atoms with Gasteiger partial charge in [-0.25, -0.2) is 0 Å². The van der Waals surface area contributed by atoms with Crippen LogP contribution in [0.4, 0.5) is 0 Å². The number of allylic oxidation sites excluding steroid dienone is 6. The molecular weight excluding hydrogens is 721 g/mol. The fourth-order valence-electron chi connectivity index (χ4n) is 7.10. The van der Waals surface area contributed by atoms with Crippen molar-refractivity contribution in [3.8, 4) is 0 Å². The number of unbranched alkanes of at least 4 members (excludes halogenated alkanes) is 28. The summed E-state index contributed by atoms with van der Waals surface area (Å²) < 4.78 is 16.7. The molecule has 0 bridgehead atoms. The summed E-state index contributed by atoms with van der Waals surface area (Å²) in [7, 11) is 0. The van der Waals surface area contributed by atoms with E-state index in [4.69, 9.17) is 14.2 Å². The van der Waals surface area contributed by atoms with E-state index in [-0.39, 0.29) is 31.1 Å². The molecule has 6 heteroatoms. The highest BCUT2D eigenvalue weighted by atomic mass is 16.6. The second-order valence-electron chi connectivity index (χ2n) is 16.7. The van der Waals surface area contributed by atoms with Gasteiger partial charge in [0.05, 0.1) is 0 Å². The molecule has 1 unspecified atom stereocenters. The monoisotopic (exact) mass is 815 g/mol. The molecule has 0 heterocycles. The van der Waals surface area contributed by atoms with Crippen molar-refractivity contribution in [2.45, 2.75) is 264 Å². The van der Waals surface area contributed by atoms with Crippen molar-refractivity contribution in [2.75, 3.05) is 13.2 Å². The molecular formula is C52H94O6. The van der Waals surface area contributed by atoms with Crippen molar-refractivity contribution in [1.82, 2.24) is 0 Å². The van der Waals surface area contributed by atoms with Crippen LogP contribution in [0.15, 0.2) is 36.5 Å². The van der Waals surface area contributed by atoms with E-state index in [1.807, 2.05) is 0 Å². The molecule has 0 amide bonds. The molecule has 0 aromatic heterocycles. The van der Waals surface area contributed by atoms with Gasteiger partial charge in [-0.3, -0.25) is 14.4 Å². The predicted octanol–water partition coefficient (Wildman–Crippen LogP) is 16.1. The Morgan fingerprint density at radius 1 is 0.345 bits per heavy atom. The normalized spacial score (nSPS) is 12.3. The number of carbonyl (C=O) groups is 3. The zero-order valence-corrected chi connectivity index (χ0v) is 38.6. The number of esters is 3. The third kappa shape index (κ3) is 44.7. The first kappa shape index (κ1) is 55.6. The highest BCUT2D eigenvalue weighted by Gasteiger charge is 2.19. The van der Waals surface area contributed by atoms with Gasteiger partial charge in [-0.15, -0.1) is 0 Å². The Hall–Kier alpha value is -2.37. The Kier molecular flexibility index (Phi) is 45.4. The molecule has 0 spiro atoms. The van der Waals surface area contributed by atoms with Crippen LogP contribution in [0.25, 0.3) is 0 Å². The van der Waals surface area contributed by atoms with E-state index in [2.05, 4.69) is 57.2 Å². The summed E-state index contributed by atoms with van der Waals surface area (Å²) in [5.41, 5.74) is 0. The average Bonchev–Trinajstić information content (AvgIpc) is 3.22. The zero-order valence-electron chi connectivity index (χ0n) is 38.6. The van der Waals surface area contributed by atoms with E-state index in [1.165, 1.54) is 141 Å². The van der Waals surface area contributed by atoms with Crippen molar-refractivity contribution < 1.29 is 28.6 Å². The van der Waals surface area contributed by atoms with Crippen molar-refractivity contribution in [2.24, 2.45) is 0 Å². The topological polar surface area (TPSA) is 78.9 Å². The molecule has 0 radical (unpaired) electrons. The van der Waals surface area contributed by atoms with Crippen LogP contribution in [-0.2, 0) is 28.6 Å². The van der Waals surface area contributed by atoms with Gasteiger partial charge in [0.2, 0.25) is 0 Å². The first-order valence-corrected chi connectivity index (χ1v) is 25.0. The van der Waals surface area contributed by atoms with Gasteiger partial charge in [0.25, 0.3) is 0 Å². The van der Waals surface area contributed by atoms with Crippen LogP contribution in [-0.4, -0.2) is 37.2 Å². The SMILES string of the molecule is CCCCCCC/C=C\C/C=C\C/C=C\CCCCCCCCCCC(=O)OCC(COC(=O)CCCCCCCC)OC(=O)CCCCCCCCCCCCC. The van der Waals surface area contributed by atoms with Crippen LogP contribution in [0.2, 0.25) is 0 Å². The Balaban J connectivity index is 4.14. The lowest BCUT2D eigenvalue weighted by atomic mass is 10.1. The quantitative estimate of drug-likeness (QED) is 0.0264. The van der Waals surface area contributed by atoms with E-state index >= 15 is 0 Å². The Morgan fingerprint density at radius 2 is 0.621 bits per heavy atom. The largest absolute Gasteiger partial charge is 0.462 e. The molecule has 338 valence electrons. The van der Waals surface area contributed by atoms with E-state index in [9.17, 15) is 14.4 Å². The lowest BCUT2D eigenvalue weighted by Crippen LogP contribution is -2.30. The van der Waals surface area contributed by atoms with Crippen LogP contribution in [0, 0.1) is 0 Å². The minimum atomic E-state index is -0.767. The maximum Gasteiger partial charge on any atom is 0.306 e. The Bertz CT molecular complexity index is 984. The molecule has 0 fully saturated rings. The minimum absolute atomic E-state index is 0.0724. The Morgan fingerprint density at radius 3 is 0.966 bits per heavy atom. The number of rotatable bonds is 45. The summed E-state index contributed by atoms with van der Waals surface area (Å²) in [6.45, 7) is 6.56. The molecule has 0 rings (SSSR count). The highest BCUT2D eigenvalue weighted by molar-refractivity contribution is 5.71. The third-order valence-electron chi connectivity index (χ3n) is 10.9. The summed E-state index contributed by atoms with van der Waals surface area (Å²) in [5.74, 6) is -0.884. The van der Waals surface area contributed by atoms with E-state index < -0.39 is 6.10 Å². The molecule has 0 aromatic carbocycles. The number of ether oxygens (including phenoxy) is 3. The van der Waals surface area contributed by atoms with E-state index in [0.29, 0.717) is 19.3 Å². The van der Waals surface area contributed by atoms with Gasteiger partial charge in [0.1, 0.15) is 13.2 Å². The van der Waals surface area contributed by atoms with Crippen molar-refractivity contribution in [3.05, 3.63) is 36.5 Å². The van der Waals surface area contributed by atoms with Crippen LogP contribution in [0.3, 0.4) is 0 Å². The summed E-state index contributed by atoms with van der Waals surface area (Å²) in [5, 5.41) is 0. The van der Waals surface area contributed by atoms with Gasteiger partial charge in [-0.1, -0.05) is 218 Å². The fourth-order valence-corrected chi connectivity index (χ4v) is 7.10. The molecule has 0 aliphatic heterocycles. The lowest BCUT2D eigenvalue weighted by molar-refractivity contribution is -0.167. The van der Waals surface area contributed by atoms with Gasteiger partial charge in [-0.05, 0) is 57.8 Å². The molecule has 0 N–H and O–H groups in total. The van der Waals surface area contributed by atoms with Gasteiger partial charge in [0.15, 0.2) is 6.10 Å². The summed E-state index contributed by atoms with van der Waals surface area (Å²) in [4.78, 5) is 37.6. The van der Waals surface area contributed by atoms with E-state index in [0.717, 1.165) is 77.0 Å². The molecule has 6 nitrogen and oxygen atoms in total. The maximum absolute atomic E-state index is 12.7. The summed E-state index contributed by atoms with van der Waals surface area (Å²) in [6.07, 6.45) is 54.4. The zero-order chi connectivity index (χ0) is 42.3. The number of carbonyl (C=O) groups excluding carboxylic acids is 3. The predicted molar refractivity (Wildman–Crippen MR) is 247 cm³/mol. The van der Waals surface area contributed by atoms with E-state index in [1.54, 1.807) is 0 Å². The smallest absolute Gasteiger partial charge is 0.306 e. The van der Waals surface area contributed by atoms with Crippen molar-refractivity contribution in [1.29, 1.82) is 0 Å². The van der Waals surface area contributed by atoms with Crippen LogP contribution >= 0.6 is 0 Å². The van der Waals surface area contributed by atoms with Crippen LogP contribution in [0.5, 0.6) is 0 Å². The number of hydrogen-bond acceptors (Lipinski definition) is 6. The summed E-state index contributed by atoms with van der Waals surface area (Å²) >= 11 is 0. The van der Waals surface area contributed by atoms with Crippen molar-refractivity contribution in [3.63, 3.8) is 0 Å². The second kappa shape index (κ2) is 47.3. The highest BCUT2D eigenvalue weighted by Crippen LogP contribution is 2.15. The van der Waals surface area contributed by atoms with Gasteiger partial charge < -0.3 is 14.2 Å². The minimum Gasteiger partial charge on any atom is -0.462 e. The van der Waals surface area contributed by atoms with Crippen LogP contribution in [0.1, 0.15) is 258 Å². The molecule has 58 heavy (non-hydrogen) atoms. The standard InChI is InChI=1S/C52H94O6/c1-4-7-10-13-16-18-20-21-22-23-24-25-26-27-28-29-30-31-33-34-36-39-42-45-51(54)57-48-49(47-56-50(53)44-41-38-15-12-9-6-3)58-52(55)46-43-40-37-35-32-19-17-14-11-8-5-2/h20-21,23-24,26-27,49H,4-19,22,25,28-48H2,1-3H3/b21-20-,24-23-,27-26-. The van der Waals surface area contributed by atoms with Gasteiger partial charge in [0, 0.05) is 19.3 Å². The number of hydrogen-bond donors (Lipinski definition) is 0. The average molecular weight is 815 g/mol. The summed E-state index contributed by atoms with van der Waals surface area (Å²) in [6, 6.07) is 0. The molecule has 1 atom stereocenters. The fraction of sp³-hybridized carbons (Fsp3) is 0.827. The lowest BCUT2D eigenvalue weighted by Gasteiger charge is -2.18. The third-order valence-corrected chi connectivity index (χ3v) is 10.9. The first-order valence-electron chi connectivity index (χ1n) is 25.0.